The third-order valence-corrected chi connectivity index (χ3v) is 3.34. The van der Waals surface area contributed by atoms with Gasteiger partial charge in [0.1, 0.15) is 18.3 Å². The molecule has 4 nitrogen and oxygen atoms in total. The lowest BCUT2D eigenvalue weighted by atomic mass is 9.98. The summed E-state index contributed by atoms with van der Waals surface area (Å²) in [5.41, 5.74) is 0.793. The summed E-state index contributed by atoms with van der Waals surface area (Å²) < 4.78 is 10.9. The van der Waals surface area contributed by atoms with E-state index in [1.807, 2.05) is 30.3 Å². The van der Waals surface area contributed by atoms with Crippen molar-refractivity contribution in [3.05, 3.63) is 35.9 Å². The number of aliphatic hydroxyl groups is 1. The van der Waals surface area contributed by atoms with Crippen molar-refractivity contribution in [1.82, 2.24) is 0 Å². The van der Waals surface area contributed by atoms with Crippen molar-refractivity contribution in [2.24, 2.45) is 0 Å². The number of fused-ring (bicyclic) bond motifs is 2. The van der Waals surface area contributed by atoms with Crippen molar-refractivity contribution in [2.75, 3.05) is 0 Å². The SMILES string of the molecule is O=C1C[C@H]2C[C@@H](O1)[C@@H]([C@H](O)c1ccccc1)O2. The molecular weight excluding hydrogens is 220 g/mol. The molecule has 2 fully saturated rings. The lowest BCUT2D eigenvalue weighted by molar-refractivity contribution is -0.153. The first-order valence-electron chi connectivity index (χ1n) is 5.82. The van der Waals surface area contributed by atoms with E-state index in [4.69, 9.17) is 9.47 Å². The predicted octanol–water partition coefficient (Wildman–Crippen LogP) is 1.19. The molecule has 2 heterocycles. The minimum Gasteiger partial charge on any atom is -0.459 e. The molecule has 4 atom stereocenters. The van der Waals surface area contributed by atoms with E-state index in [2.05, 4.69) is 0 Å². The summed E-state index contributed by atoms with van der Waals surface area (Å²) >= 11 is 0. The highest BCUT2D eigenvalue weighted by Crippen LogP contribution is 2.36. The Kier molecular flexibility index (Phi) is 2.61. The maximum absolute atomic E-state index is 11.2. The average molecular weight is 234 g/mol. The van der Waals surface area contributed by atoms with Gasteiger partial charge in [-0.2, -0.15) is 0 Å². The zero-order valence-electron chi connectivity index (χ0n) is 9.28. The Hall–Kier alpha value is -1.39. The monoisotopic (exact) mass is 234 g/mol. The summed E-state index contributed by atoms with van der Waals surface area (Å²) in [6.45, 7) is 0. The van der Waals surface area contributed by atoms with E-state index < -0.39 is 12.2 Å². The quantitative estimate of drug-likeness (QED) is 0.781. The maximum Gasteiger partial charge on any atom is 0.308 e. The van der Waals surface area contributed by atoms with E-state index in [9.17, 15) is 9.90 Å². The van der Waals surface area contributed by atoms with Gasteiger partial charge in [-0.25, -0.2) is 0 Å². The number of aliphatic hydroxyl groups excluding tert-OH is 1. The molecule has 4 heteroatoms. The number of ether oxygens (including phenoxy) is 2. The molecule has 2 saturated heterocycles. The van der Waals surface area contributed by atoms with E-state index in [1.54, 1.807) is 0 Å². The van der Waals surface area contributed by atoms with E-state index in [0.29, 0.717) is 12.8 Å². The standard InChI is InChI=1S/C13H14O4/c14-11-7-9-6-10(17-11)13(16-9)12(15)8-4-2-1-3-5-8/h1-5,9-10,12-13,15H,6-7H2/t9-,10-,12-,13+/m1/s1. The molecule has 2 bridgehead atoms. The summed E-state index contributed by atoms with van der Waals surface area (Å²) in [5, 5.41) is 10.2. The fourth-order valence-corrected chi connectivity index (χ4v) is 2.53. The second-order valence-electron chi connectivity index (χ2n) is 4.55. The van der Waals surface area contributed by atoms with Gasteiger partial charge in [-0.15, -0.1) is 0 Å². The van der Waals surface area contributed by atoms with Crippen LogP contribution in [-0.4, -0.2) is 29.4 Å². The molecule has 0 spiro atoms. The highest BCUT2D eigenvalue weighted by Gasteiger charge is 2.46. The number of hydrogen-bond acceptors (Lipinski definition) is 4. The van der Waals surface area contributed by atoms with Crippen LogP contribution in [0, 0.1) is 0 Å². The molecule has 0 radical (unpaired) electrons. The fraction of sp³-hybridized carbons (Fsp3) is 0.462. The lowest BCUT2D eigenvalue weighted by Gasteiger charge is -2.23. The Morgan fingerprint density at radius 2 is 2.06 bits per heavy atom. The van der Waals surface area contributed by atoms with Crippen molar-refractivity contribution >= 4 is 5.97 Å². The first-order chi connectivity index (χ1) is 8.24. The van der Waals surface area contributed by atoms with Gasteiger partial charge in [-0.05, 0) is 5.56 Å². The minimum absolute atomic E-state index is 0.0930. The van der Waals surface area contributed by atoms with E-state index in [-0.39, 0.29) is 18.2 Å². The Labute approximate surface area is 99.2 Å². The van der Waals surface area contributed by atoms with Gasteiger partial charge in [0, 0.05) is 6.42 Å². The smallest absolute Gasteiger partial charge is 0.308 e. The molecule has 0 aliphatic carbocycles. The molecule has 0 unspecified atom stereocenters. The first kappa shape index (κ1) is 10.7. The molecule has 0 aromatic heterocycles. The first-order valence-corrected chi connectivity index (χ1v) is 5.82. The fourth-order valence-electron chi connectivity index (χ4n) is 2.53. The highest BCUT2D eigenvalue weighted by molar-refractivity contribution is 5.71. The van der Waals surface area contributed by atoms with Gasteiger partial charge >= 0.3 is 5.97 Å². The van der Waals surface area contributed by atoms with Crippen molar-refractivity contribution in [2.45, 2.75) is 37.3 Å². The predicted molar refractivity (Wildman–Crippen MR) is 59.2 cm³/mol. The molecule has 2 aliphatic heterocycles. The van der Waals surface area contributed by atoms with Gasteiger partial charge in [0.25, 0.3) is 0 Å². The van der Waals surface area contributed by atoms with E-state index in [0.717, 1.165) is 5.56 Å². The van der Waals surface area contributed by atoms with Gasteiger partial charge in [0.2, 0.25) is 0 Å². The normalized spacial score (nSPS) is 33.2. The van der Waals surface area contributed by atoms with Gasteiger partial charge in [0.15, 0.2) is 0 Å². The minimum atomic E-state index is -0.739. The Balaban J connectivity index is 1.79. The van der Waals surface area contributed by atoms with Crippen LogP contribution in [0.1, 0.15) is 24.5 Å². The summed E-state index contributed by atoms with van der Waals surface area (Å²) in [5.74, 6) is -0.228. The topological polar surface area (TPSA) is 55.8 Å². The van der Waals surface area contributed by atoms with E-state index in [1.165, 1.54) is 0 Å². The second-order valence-corrected chi connectivity index (χ2v) is 4.55. The molecule has 0 amide bonds. The van der Waals surface area contributed by atoms with Crippen molar-refractivity contribution < 1.29 is 19.4 Å². The molecule has 90 valence electrons. The molecule has 2 aliphatic rings. The number of carbonyl (C=O) groups is 1. The van der Waals surface area contributed by atoms with Crippen LogP contribution in [0.25, 0.3) is 0 Å². The molecule has 1 aromatic rings. The largest absolute Gasteiger partial charge is 0.459 e. The summed E-state index contributed by atoms with van der Waals surface area (Å²) in [6, 6.07) is 9.32. The van der Waals surface area contributed by atoms with Crippen molar-refractivity contribution in [3.63, 3.8) is 0 Å². The third-order valence-electron chi connectivity index (χ3n) is 3.34. The zero-order valence-corrected chi connectivity index (χ0v) is 9.28. The summed E-state index contributed by atoms with van der Waals surface area (Å²) in [4.78, 5) is 11.2. The van der Waals surface area contributed by atoms with Crippen LogP contribution in [0.5, 0.6) is 0 Å². The molecule has 17 heavy (non-hydrogen) atoms. The Morgan fingerprint density at radius 1 is 1.29 bits per heavy atom. The van der Waals surface area contributed by atoms with E-state index >= 15 is 0 Å². The van der Waals surface area contributed by atoms with Gasteiger partial charge < -0.3 is 14.6 Å². The Morgan fingerprint density at radius 3 is 2.82 bits per heavy atom. The Bertz CT molecular complexity index is 417. The average Bonchev–Trinajstić information content (AvgIpc) is 2.65. The van der Waals surface area contributed by atoms with Crippen LogP contribution in [0.3, 0.4) is 0 Å². The van der Waals surface area contributed by atoms with Crippen LogP contribution in [-0.2, 0) is 14.3 Å². The number of carbonyl (C=O) groups excluding carboxylic acids is 1. The van der Waals surface area contributed by atoms with Crippen LogP contribution >= 0.6 is 0 Å². The highest BCUT2D eigenvalue weighted by atomic mass is 16.6. The molecule has 0 saturated carbocycles. The van der Waals surface area contributed by atoms with Crippen LogP contribution < -0.4 is 0 Å². The van der Waals surface area contributed by atoms with Crippen LogP contribution in [0.4, 0.5) is 0 Å². The van der Waals surface area contributed by atoms with Crippen LogP contribution in [0.15, 0.2) is 30.3 Å². The number of rotatable bonds is 2. The van der Waals surface area contributed by atoms with Gasteiger partial charge in [-0.3, -0.25) is 4.79 Å². The summed E-state index contributed by atoms with van der Waals surface area (Å²) in [7, 11) is 0. The van der Waals surface area contributed by atoms with Crippen molar-refractivity contribution in [3.8, 4) is 0 Å². The summed E-state index contributed by atoms with van der Waals surface area (Å²) in [6.07, 6.45) is -0.582. The molecule has 3 rings (SSSR count). The van der Waals surface area contributed by atoms with Crippen molar-refractivity contribution in [1.29, 1.82) is 0 Å². The second kappa shape index (κ2) is 4.13. The molecular formula is C13H14O4. The zero-order chi connectivity index (χ0) is 11.8. The van der Waals surface area contributed by atoms with Gasteiger partial charge in [-0.1, -0.05) is 30.3 Å². The third kappa shape index (κ3) is 1.94. The maximum atomic E-state index is 11.2. The number of hydrogen-bond donors (Lipinski definition) is 1. The molecule has 1 aromatic carbocycles. The molecule has 1 N–H and O–H groups in total. The number of benzene rings is 1. The lowest BCUT2D eigenvalue weighted by Crippen LogP contribution is -2.32. The van der Waals surface area contributed by atoms with Crippen LogP contribution in [0.2, 0.25) is 0 Å². The number of esters is 1. The van der Waals surface area contributed by atoms with Gasteiger partial charge in [0.05, 0.1) is 12.5 Å².